The van der Waals surface area contributed by atoms with Gasteiger partial charge in [-0.3, -0.25) is 0 Å². The van der Waals surface area contributed by atoms with E-state index in [1.807, 2.05) is 6.07 Å². The summed E-state index contributed by atoms with van der Waals surface area (Å²) in [5, 5.41) is 3.84. The summed E-state index contributed by atoms with van der Waals surface area (Å²) in [6, 6.07) is 7.32. The van der Waals surface area contributed by atoms with Crippen molar-refractivity contribution in [3.05, 3.63) is 23.8 Å². The van der Waals surface area contributed by atoms with Crippen LogP contribution in [0.2, 0.25) is 0 Å². The number of rotatable bonds is 3. The maximum Gasteiger partial charge on any atom is 0.161 e. The molecule has 116 valence electrons. The van der Waals surface area contributed by atoms with E-state index in [9.17, 15) is 0 Å². The molecule has 1 N–H and O–H groups in total. The normalized spacial score (nSPS) is 27.0. The molecule has 0 radical (unpaired) electrons. The van der Waals surface area contributed by atoms with Crippen molar-refractivity contribution < 1.29 is 9.47 Å². The number of hydrogen-bond acceptors (Lipinski definition) is 3. The molecule has 3 heteroatoms. The summed E-state index contributed by atoms with van der Waals surface area (Å²) < 4.78 is 11.3. The average Bonchev–Trinajstić information content (AvgIpc) is 2.72. The molecule has 1 heterocycles. The van der Waals surface area contributed by atoms with E-state index in [-0.39, 0.29) is 0 Å². The summed E-state index contributed by atoms with van der Waals surface area (Å²) >= 11 is 0. The predicted octanol–water partition coefficient (Wildman–Crippen LogP) is 4.08. The molecule has 0 bridgehead atoms. The third-order valence-electron chi connectivity index (χ3n) is 4.89. The first kappa shape index (κ1) is 14.7. The van der Waals surface area contributed by atoms with E-state index in [0.29, 0.717) is 25.3 Å². The average molecular weight is 289 g/mol. The van der Waals surface area contributed by atoms with Crippen LogP contribution in [-0.4, -0.2) is 19.3 Å². The van der Waals surface area contributed by atoms with E-state index in [4.69, 9.17) is 9.47 Å². The van der Waals surface area contributed by atoms with Crippen LogP contribution in [0, 0.1) is 5.92 Å². The van der Waals surface area contributed by atoms with Gasteiger partial charge in [0.25, 0.3) is 0 Å². The molecule has 3 nitrogen and oxygen atoms in total. The Bertz CT molecular complexity index is 474. The van der Waals surface area contributed by atoms with Crippen LogP contribution >= 0.6 is 0 Å². The molecule has 0 saturated heterocycles. The number of hydrogen-bond donors (Lipinski definition) is 1. The van der Waals surface area contributed by atoms with Crippen molar-refractivity contribution >= 4 is 0 Å². The Balaban J connectivity index is 1.68. The van der Waals surface area contributed by atoms with Gasteiger partial charge in [-0.25, -0.2) is 0 Å². The zero-order valence-electron chi connectivity index (χ0n) is 13.2. The number of fused-ring (bicyclic) bond motifs is 1. The molecule has 3 atom stereocenters. The second-order valence-corrected chi connectivity index (χ2v) is 6.51. The lowest BCUT2D eigenvalue weighted by atomic mass is 9.95. The molecule has 0 spiro atoms. The molecule has 1 aromatic carbocycles. The predicted molar refractivity (Wildman–Crippen MR) is 85.0 cm³/mol. The highest BCUT2D eigenvalue weighted by Gasteiger charge is 2.22. The minimum Gasteiger partial charge on any atom is -0.486 e. The summed E-state index contributed by atoms with van der Waals surface area (Å²) in [6.45, 7) is 5.94. The van der Waals surface area contributed by atoms with Gasteiger partial charge in [0.2, 0.25) is 0 Å². The van der Waals surface area contributed by atoms with Gasteiger partial charge in [0.1, 0.15) is 13.2 Å². The molecule has 3 unspecified atom stereocenters. The summed E-state index contributed by atoms with van der Waals surface area (Å²) in [7, 11) is 0. The first-order valence-corrected chi connectivity index (χ1v) is 8.39. The zero-order valence-corrected chi connectivity index (χ0v) is 13.2. The minimum atomic E-state index is 0.353. The topological polar surface area (TPSA) is 30.5 Å². The maximum absolute atomic E-state index is 5.69. The summed E-state index contributed by atoms with van der Waals surface area (Å²) in [5.41, 5.74) is 1.29. The van der Waals surface area contributed by atoms with Crippen molar-refractivity contribution in [1.82, 2.24) is 5.32 Å². The van der Waals surface area contributed by atoms with Crippen molar-refractivity contribution in [3.8, 4) is 11.5 Å². The molecule has 1 saturated carbocycles. The molecule has 0 aromatic heterocycles. The van der Waals surface area contributed by atoms with E-state index in [0.717, 1.165) is 17.4 Å². The summed E-state index contributed by atoms with van der Waals surface area (Å²) in [6.07, 6.45) is 6.79. The van der Waals surface area contributed by atoms with Gasteiger partial charge in [-0.05, 0) is 43.4 Å². The van der Waals surface area contributed by atoms with E-state index in [1.54, 1.807) is 0 Å². The highest BCUT2D eigenvalue weighted by atomic mass is 16.6. The van der Waals surface area contributed by atoms with Gasteiger partial charge < -0.3 is 14.8 Å². The Morgan fingerprint density at radius 1 is 1.05 bits per heavy atom. The standard InChI is InChI=1S/C18H27NO2/c1-13-6-4-3-5-7-16(13)19-14(2)15-8-9-17-18(12-15)21-11-10-20-17/h8-9,12-14,16,19H,3-7,10-11H2,1-2H3. The van der Waals surface area contributed by atoms with Crippen molar-refractivity contribution in [2.45, 2.75) is 58.0 Å². The van der Waals surface area contributed by atoms with Crippen LogP contribution in [0.3, 0.4) is 0 Å². The van der Waals surface area contributed by atoms with Gasteiger partial charge in [-0.15, -0.1) is 0 Å². The Morgan fingerprint density at radius 2 is 1.81 bits per heavy atom. The first-order chi connectivity index (χ1) is 10.2. The Hall–Kier alpha value is -1.22. The molecular weight excluding hydrogens is 262 g/mol. The highest BCUT2D eigenvalue weighted by molar-refractivity contribution is 5.44. The van der Waals surface area contributed by atoms with Gasteiger partial charge in [-0.1, -0.05) is 32.3 Å². The third-order valence-corrected chi connectivity index (χ3v) is 4.89. The smallest absolute Gasteiger partial charge is 0.161 e. The van der Waals surface area contributed by atoms with Crippen LogP contribution in [0.4, 0.5) is 0 Å². The van der Waals surface area contributed by atoms with Crippen molar-refractivity contribution in [3.63, 3.8) is 0 Å². The van der Waals surface area contributed by atoms with Crippen LogP contribution < -0.4 is 14.8 Å². The van der Waals surface area contributed by atoms with Crippen LogP contribution in [0.5, 0.6) is 11.5 Å². The van der Waals surface area contributed by atoms with Crippen LogP contribution in [-0.2, 0) is 0 Å². The number of benzene rings is 1. The SMILES string of the molecule is CC(NC1CCCCCC1C)c1ccc2c(c1)OCCO2. The molecule has 1 fully saturated rings. The molecule has 2 aliphatic rings. The molecule has 0 amide bonds. The quantitative estimate of drug-likeness (QED) is 0.851. The molecule has 1 aliphatic carbocycles. The van der Waals surface area contributed by atoms with E-state index >= 15 is 0 Å². The molecule has 21 heavy (non-hydrogen) atoms. The van der Waals surface area contributed by atoms with E-state index in [2.05, 4.69) is 31.3 Å². The van der Waals surface area contributed by atoms with E-state index in [1.165, 1.54) is 37.7 Å². The number of ether oxygens (including phenoxy) is 2. The second kappa shape index (κ2) is 6.69. The van der Waals surface area contributed by atoms with Gasteiger partial charge in [0.05, 0.1) is 0 Å². The van der Waals surface area contributed by atoms with E-state index < -0.39 is 0 Å². The van der Waals surface area contributed by atoms with Gasteiger partial charge in [0.15, 0.2) is 11.5 Å². The van der Waals surface area contributed by atoms with Gasteiger partial charge in [-0.2, -0.15) is 0 Å². The van der Waals surface area contributed by atoms with Gasteiger partial charge in [0, 0.05) is 12.1 Å². The summed E-state index contributed by atoms with van der Waals surface area (Å²) in [5.74, 6) is 2.54. The lowest BCUT2D eigenvalue weighted by Crippen LogP contribution is -2.36. The van der Waals surface area contributed by atoms with Crippen LogP contribution in [0.25, 0.3) is 0 Å². The zero-order chi connectivity index (χ0) is 14.7. The third kappa shape index (κ3) is 3.52. The van der Waals surface area contributed by atoms with Crippen molar-refractivity contribution in [1.29, 1.82) is 0 Å². The monoisotopic (exact) mass is 289 g/mol. The Labute approximate surface area is 128 Å². The minimum absolute atomic E-state index is 0.353. The molecule has 1 aliphatic heterocycles. The fraction of sp³-hybridized carbons (Fsp3) is 0.667. The van der Waals surface area contributed by atoms with Gasteiger partial charge >= 0.3 is 0 Å². The maximum atomic E-state index is 5.69. The highest BCUT2D eigenvalue weighted by Crippen LogP contribution is 2.33. The largest absolute Gasteiger partial charge is 0.486 e. The fourth-order valence-electron chi connectivity index (χ4n) is 3.49. The van der Waals surface area contributed by atoms with Crippen LogP contribution in [0.15, 0.2) is 18.2 Å². The lowest BCUT2D eigenvalue weighted by Gasteiger charge is -2.28. The molecule has 1 aromatic rings. The second-order valence-electron chi connectivity index (χ2n) is 6.51. The molecular formula is C18H27NO2. The van der Waals surface area contributed by atoms with Crippen molar-refractivity contribution in [2.24, 2.45) is 5.92 Å². The number of nitrogens with one attached hydrogen (secondary N) is 1. The van der Waals surface area contributed by atoms with Crippen LogP contribution in [0.1, 0.15) is 57.6 Å². The fourth-order valence-corrected chi connectivity index (χ4v) is 3.49. The Morgan fingerprint density at radius 3 is 2.67 bits per heavy atom. The first-order valence-electron chi connectivity index (χ1n) is 8.39. The lowest BCUT2D eigenvalue weighted by molar-refractivity contribution is 0.171. The molecule has 3 rings (SSSR count). The summed E-state index contributed by atoms with van der Waals surface area (Å²) in [4.78, 5) is 0. The van der Waals surface area contributed by atoms with Crippen molar-refractivity contribution in [2.75, 3.05) is 13.2 Å². The Kier molecular flexibility index (Phi) is 4.69.